The van der Waals surface area contributed by atoms with Gasteiger partial charge in [0.15, 0.2) is 11.5 Å². The van der Waals surface area contributed by atoms with Gasteiger partial charge < -0.3 is 19.2 Å². The lowest BCUT2D eigenvalue weighted by molar-refractivity contribution is -0.113. The zero-order valence-electron chi connectivity index (χ0n) is 15.3. The molecule has 0 aliphatic carbocycles. The SMILES string of the molecule is COc1ccc(Cc2nnc(SCC(=O)Nc3ccccc3F)o2)cc1OC. The zero-order chi connectivity index (χ0) is 19.9. The van der Waals surface area contributed by atoms with Crippen LogP contribution in [0.4, 0.5) is 10.1 Å². The lowest BCUT2D eigenvalue weighted by Gasteiger charge is -2.08. The molecule has 0 bridgehead atoms. The van der Waals surface area contributed by atoms with Crippen molar-refractivity contribution >= 4 is 23.4 Å². The van der Waals surface area contributed by atoms with Gasteiger partial charge >= 0.3 is 0 Å². The highest BCUT2D eigenvalue weighted by molar-refractivity contribution is 7.99. The highest BCUT2D eigenvalue weighted by atomic mass is 32.2. The summed E-state index contributed by atoms with van der Waals surface area (Å²) in [5.74, 6) is 0.814. The summed E-state index contributed by atoms with van der Waals surface area (Å²) in [5.41, 5.74) is 1.04. The minimum atomic E-state index is -0.490. The fraction of sp³-hybridized carbons (Fsp3) is 0.211. The molecule has 0 aliphatic heterocycles. The topological polar surface area (TPSA) is 86.5 Å². The van der Waals surface area contributed by atoms with Gasteiger partial charge in [0.1, 0.15) is 5.82 Å². The third-order valence-electron chi connectivity index (χ3n) is 3.73. The fourth-order valence-corrected chi connectivity index (χ4v) is 2.99. The van der Waals surface area contributed by atoms with E-state index >= 15 is 0 Å². The zero-order valence-corrected chi connectivity index (χ0v) is 16.1. The Morgan fingerprint density at radius 2 is 1.93 bits per heavy atom. The van der Waals surface area contributed by atoms with Gasteiger partial charge in [-0.1, -0.05) is 30.0 Å². The minimum Gasteiger partial charge on any atom is -0.493 e. The molecule has 146 valence electrons. The van der Waals surface area contributed by atoms with Crippen LogP contribution in [0.2, 0.25) is 0 Å². The first-order chi connectivity index (χ1) is 13.6. The molecular formula is C19H18FN3O4S. The number of para-hydroxylation sites is 1. The van der Waals surface area contributed by atoms with Gasteiger partial charge in [0, 0.05) is 0 Å². The lowest BCUT2D eigenvalue weighted by atomic mass is 10.1. The Morgan fingerprint density at radius 3 is 2.68 bits per heavy atom. The minimum absolute atomic E-state index is 0.0202. The predicted molar refractivity (Wildman–Crippen MR) is 102 cm³/mol. The van der Waals surface area contributed by atoms with Crippen molar-refractivity contribution in [2.75, 3.05) is 25.3 Å². The van der Waals surface area contributed by atoms with Gasteiger partial charge in [0.2, 0.25) is 11.8 Å². The predicted octanol–water partition coefficient (Wildman–Crippen LogP) is 3.55. The van der Waals surface area contributed by atoms with Crippen LogP contribution < -0.4 is 14.8 Å². The molecule has 0 saturated carbocycles. The largest absolute Gasteiger partial charge is 0.493 e. The molecule has 7 nitrogen and oxygen atoms in total. The highest BCUT2D eigenvalue weighted by Gasteiger charge is 2.13. The molecule has 0 fully saturated rings. The highest BCUT2D eigenvalue weighted by Crippen LogP contribution is 2.28. The van der Waals surface area contributed by atoms with Crippen LogP contribution in [0.5, 0.6) is 11.5 Å². The fourth-order valence-electron chi connectivity index (χ4n) is 2.41. The van der Waals surface area contributed by atoms with Crippen molar-refractivity contribution in [1.29, 1.82) is 0 Å². The number of thioether (sulfide) groups is 1. The number of methoxy groups -OCH3 is 2. The number of ether oxygens (including phenoxy) is 2. The summed E-state index contributed by atoms with van der Waals surface area (Å²) in [6.45, 7) is 0. The summed E-state index contributed by atoms with van der Waals surface area (Å²) < 4.78 is 29.6. The molecule has 1 aromatic heterocycles. The molecule has 3 rings (SSSR count). The molecule has 0 aliphatic rings. The van der Waals surface area contributed by atoms with E-state index in [4.69, 9.17) is 13.9 Å². The van der Waals surface area contributed by atoms with E-state index in [2.05, 4.69) is 15.5 Å². The van der Waals surface area contributed by atoms with Gasteiger partial charge in [0.25, 0.3) is 5.22 Å². The number of benzene rings is 2. The van der Waals surface area contributed by atoms with Crippen LogP contribution in [-0.4, -0.2) is 36.1 Å². The molecule has 3 aromatic rings. The van der Waals surface area contributed by atoms with E-state index in [0.717, 1.165) is 17.3 Å². The van der Waals surface area contributed by atoms with Crippen LogP contribution in [0.15, 0.2) is 52.1 Å². The van der Waals surface area contributed by atoms with Gasteiger partial charge in [-0.3, -0.25) is 4.79 Å². The third kappa shape index (κ3) is 5.01. The van der Waals surface area contributed by atoms with E-state index in [1.54, 1.807) is 32.4 Å². The van der Waals surface area contributed by atoms with Crippen molar-refractivity contribution in [2.24, 2.45) is 0 Å². The Kier molecular flexibility index (Phi) is 6.49. The maximum atomic E-state index is 13.5. The van der Waals surface area contributed by atoms with Crippen molar-refractivity contribution < 1.29 is 23.1 Å². The molecule has 1 heterocycles. The molecule has 0 atom stereocenters. The Hall–Kier alpha value is -3.07. The van der Waals surface area contributed by atoms with Crippen molar-refractivity contribution in [3.63, 3.8) is 0 Å². The van der Waals surface area contributed by atoms with Crippen molar-refractivity contribution in [1.82, 2.24) is 10.2 Å². The normalized spacial score (nSPS) is 10.5. The summed E-state index contributed by atoms with van der Waals surface area (Å²) in [6, 6.07) is 11.5. The van der Waals surface area contributed by atoms with Crippen LogP contribution in [0.3, 0.4) is 0 Å². The average Bonchev–Trinajstić information content (AvgIpc) is 3.15. The Labute approximate surface area is 165 Å². The van der Waals surface area contributed by atoms with Gasteiger partial charge in [-0.05, 0) is 29.8 Å². The first-order valence-corrected chi connectivity index (χ1v) is 9.28. The molecule has 9 heteroatoms. The molecular weight excluding hydrogens is 385 g/mol. The number of hydrogen-bond acceptors (Lipinski definition) is 7. The summed E-state index contributed by atoms with van der Waals surface area (Å²) in [4.78, 5) is 12.0. The van der Waals surface area contributed by atoms with Crippen molar-refractivity contribution in [3.05, 3.63) is 59.7 Å². The summed E-state index contributed by atoms with van der Waals surface area (Å²) >= 11 is 1.08. The molecule has 1 amide bonds. The monoisotopic (exact) mass is 403 g/mol. The number of rotatable bonds is 8. The molecule has 28 heavy (non-hydrogen) atoms. The van der Waals surface area contributed by atoms with E-state index in [9.17, 15) is 9.18 Å². The number of hydrogen-bond donors (Lipinski definition) is 1. The number of carbonyl (C=O) groups is 1. The van der Waals surface area contributed by atoms with E-state index in [1.807, 2.05) is 12.1 Å². The van der Waals surface area contributed by atoms with E-state index in [0.29, 0.717) is 23.8 Å². The van der Waals surface area contributed by atoms with Crippen LogP contribution in [-0.2, 0) is 11.2 Å². The van der Waals surface area contributed by atoms with E-state index in [1.165, 1.54) is 12.1 Å². The number of amides is 1. The summed E-state index contributed by atoms with van der Waals surface area (Å²) in [7, 11) is 3.14. The second-order valence-corrected chi connectivity index (χ2v) is 6.57. The van der Waals surface area contributed by atoms with Gasteiger partial charge in [0.05, 0.1) is 32.1 Å². The molecule has 0 saturated heterocycles. The van der Waals surface area contributed by atoms with Crippen LogP contribution in [0.1, 0.15) is 11.5 Å². The number of halogens is 1. The molecule has 1 N–H and O–H groups in total. The molecule has 0 spiro atoms. The maximum absolute atomic E-state index is 13.5. The summed E-state index contributed by atoms with van der Waals surface area (Å²) in [6.07, 6.45) is 0.412. The number of nitrogens with one attached hydrogen (secondary N) is 1. The Balaban J connectivity index is 1.55. The second kappa shape index (κ2) is 9.23. The number of aromatic nitrogens is 2. The van der Waals surface area contributed by atoms with Crippen LogP contribution >= 0.6 is 11.8 Å². The van der Waals surface area contributed by atoms with Crippen LogP contribution in [0.25, 0.3) is 0 Å². The Bertz CT molecular complexity index is 964. The molecule has 0 radical (unpaired) electrons. The molecule has 2 aromatic carbocycles. The standard InChI is InChI=1S/C19H18FN3O4S/c1-25-15-8-7-12(9-16(15)26-2)10-18-22-23-19(27-18)28-11-17(24)21-14-6-4-3-5-13(14)20/h3-9H,10-11H2,1-2H3,(H,21,24). The summed E-state index contributed by atoms with van der Waals surface area (Å²) in [5, 5.41) is 10.7. The molecule has 0 unspecified atom stereocenters. The second-order valence-electron chi connectivity index (χ2n) is 5.64. The van der Waals surface area contributed by atoms with Gasteiger partial charge in [-0.15, -0.1) is 10.2 Å². The first-order valence-electron chi connectivity index (χ1n) is 8.29. The van der Waals surface area contributed by atoms with E-state index < -0.39 is 5.82 Å². The quantitative estimate of drug-likeness (QED) is 0.576. The van der Waals surface area contributed by atoms with Crippen LogP contribution in [0, 0.1) is 5.82 Å². The first kappa shape index (κ1) is 19.7. The number of nitrogens with zero attached hydrogens (tertiary/aromatic N) is 2. The Morgan fingerprint density at radius 1 is 1.14 bits per heavy atom. The van der Waals surface area contributed by atoms with Gasteiger partial charge in [-0.25, -0.2) is 4.39 Å². The maximum Gasteiger partial charge on any atom is 0.277 e. The van der Waals surface area contributed by atoms with Crippen molar-refractivity contribution in [2.45, 2.75) is 11.6 Å². The average molecular weight is 403 g/mol. The van der Waals surface area contributed by atoms with Crippen molar-refractivity contribution in [3.8, 4) is 11.5 Å². The lowest BCUT2D eigenvalue weighted by Crippen LogP contribution is -2.14. The van der Waals surface area contributed by atoms with Gasteiger partial charge in [-0.2, -0.15) is 0 Å². The third-order valence-corrected chi connectivity index (χ3v) is 4.54. The smallest absolute Gasteiger partial charge is 0.277 e. The van der Waals surface area contributed by atoms with E-state index in [-0.39, 0.29) is 22.6 Å². The number of anilines is 1. The number of carbonyl (C=O) groups excluding carboxylic acids is 1.